The van der Waals surface area contributed by atoms with E-state index in [1.54, 1.807) is 36.6 Å². The van der Waals surface area contributed by atoms with Crippen LogP contribution in [0.25, 0.3) is 6.08 Å². The van der Waals surface area contributed by atoms with Gasteiger partial charge in [-0.15, -0.1) is 0 Å². The lowest BCUT2D eigenvalue weighted by atomic mass is 9.95. The fraction of sp³-hybridized carbons (Fsp3) is 0.240. The van der Waals surface area contributed by atoms with Gasteiger partial charge in [-0.05, 0) is 87.2 Å². The van der Waals surface area contributed by atoms with Gasteiger partial charge in [0.05, 0.1) is 37.4 Å². The van der Waals surface area contributed by atoms with Crippen LogP contribution in [0.1, 0.15) is 31.0 Å². The number of allylic oxidation sites excluding steroid dienone is 1. The van der Waals surface area contributed by atoms with Crippen molar-refractivity contribution in [1.82, 2.24) is 4.57 Å². The Morgan fingerprint density at radius 2 is 1.86 bits per heavy atom. The van der Waals surface area contributed by atoms with Crippen molar-refractivity contribution < 1.29 is 14.6 Å². The maximum absolute atomic E-state index is 13.7. The predicted octanol–water partition coefficient (Wildman–Crippen LogP) is 4.09. The summed E-state index contributed by atoms with van der Waals surface area (Å²) in [5, 5.41) is 10.0. The van der Waals surface area contributed by atoms with Gasteiger partial charge in [-0.25, -0.2) is 9.79 Å². The highest BCUT2D eigenvalue weighted by Crippen LogP contribution is 2.34. The fourth-order valence-electron chi connectivity index (χ4n) is 3.88. The minimum atomic E-state index is -0.665. The quantitative estimate of drug-likeness (QED) is 0.435. The summed E-state index contributed by atoms with van der Waals surface area (Å²) in [5.74, 6) is -0.407. The highest BCUT2D eigenvalue weighted by molar-refractivity contribution is 9.11. The second-order valence-corrected chi connectivity index (χ2v) is 10.8. The molecule has 182 valence electrons. The number of phenolic OH excluding ortho intramolecular Hbond substituents is 1. The van der Waals surface area contributed by atoms with Crippen molar-refractivity contribution in [2.75, 3.05) is 25.6 Å². The van der Waals surface area contributed by atoms with Crippen LogP contribution in [0.15, 0.2) is 66.4 Å². The van der Waals surface area contributed by atoms with Gasteiger partial charge in [-0.3, -0.25) is 9.36 Å². The second-order valence-electron chi connectivity index (χ2n) is 8.12. The molecule has 0 amide bonds. The largest absolute Gasteiger partial charge is 0.506 e. The summed E-state index contributed by atoms with van der Waals surface area (Å²) in [7, 11) is 3.90. The summed E-state index contributed by atoms with van der Waals surface area (Å²) in [6.45, 7) is 3.73. The van der Waals surface area contributed by atoms with Crippen LogP contribution in [-0.4, -0.2) is 36.3 Å². The molecule has 0 fully saturated rings. The molecule has 3 aromatic rings. The second kappa shape index (κ2) is 10.1. The van der Waals surface area contributed by atoms with Crippen LogP contribution >= 0.6 is 43.2 Å². The first kappa shape index (κ1) is 25.4. The zero-order chi connectivity index (χ0) is 25.4. The molecule has 0 radical (unpaired) electrons. The molecule has 0 saturated heterocycles. The van der Waals surface area contributed by atoms with Crippen LogP contribution in [0.2, 0.25) is 0 Å². The summed E-state index contributed by atoms with van der Waals surface area (Å²) in [4.78, 5) is 33.7. The summed E-state index contributed by atoms with van der Waals surface area (Å²) >= 11 is 7.91. The lowest BCUT2D eigenvalue weighted by Crippen LogP contribution is -2.39. The third-order valence-electron chi connectivity index (χ3n) is 5.58. The third kappa shape index (κ3) is 4.87. The number of aromatic nitrogens is 1. The van der Waals surface area contributed by atoms with Gasteiger partial charge in [0.1, 0.15) is 5.75 Å². The molecule has 35 heavy (non-hydrogen) atoms. The maximum Gasteiger partial charge on any atom is 0.338 e. The summed E-state index contributed by atoms with van der Waals surface area (Å²) in [6.07, 6.45) is 1.74. The van der Waals surface area contributed by atoms with Gasteiger partial charge in [0.2, 0.25) is 0 Å². The van der Waals surface area contributed by atoms with E-state index >= 15 is 0 Å². The lowest BCUT2D eigenvalue weighted by Gasteiger charge is -2.25. The molecule has 0 bridgehead atoms. The molecule has 1 aliphatic heterocycles. The van der Waals surface area contributed by atoms with E-state index in [-0.39, 0.29) is 17.9 Å². The molecule has 7 nitrogen and oxygen atoms in total. The summed E-state index contributed by atoms with van der Waals surface area (Å²) in [6, 6.07) is 10.5. The van der Waals surface area contributed by atoms with Gasteiger partial charge in [0.15, 0.2) is 4.80 Å². The Labute approximate surface area is 223 Å². The molecule has 2 aromatic carbocycles. The number of hydrogen-bond donors (Lipinski definition) is 1. The first-order valence-corrected chi connectivity index (χ1v) is 13.2. The van der Waals surface area contributed by atoms with E-state index in [0.29, 0.717) is 29.5 Å². The van der Waals surface area contributed by atoms with Gasteiger partial charge in [-0.1, -0.05) is 23.5 Å². The Hall–Kier alpha value is -2.69. The molecular weight excluding hydrogens is 598 g/mol. The van der Waals surface area contributed by atoms with Crippen LogP contribution in [0.5, 0.6) is 5.75 Å². The van der Waals surface area contributed by atoms with Crippen LogP contribution in [0.3, 0.4) is 0 Å². The van der Waals surface area contributed by atoms with E-state index in [1.807, 2.05) is 43.3 Å². The van der Waals surface area contributed by atoms with E-state index in [0.717, 1.165) is 16.8 Å². The highest BCUT2D eigenvalue weighted by Gasteiger charge is 2.33. The SMILES string of the molecule is CCOC(=O)C1=C(C)N=c2s/c(=C\c3cc(Br)c(O)c(Br)c3)c(=O)n2[C@@H]1c1ccc(N(C)C)cc1. The molecule has 0 saturated carbocycles. The average molecular weight is 621 g/mol. The van der Waals surface area contributed by atoms with Gasteiger partial charge < -0.3 is 14.7 Å². The standard InChI is InChI=1S/C25H23Br2N3O4S/c1-5-34-24(33)20-13(2)28-25-30(21(20)15-6-8-16(9-7-15)29(3)4)23(32)19(35-25)12-14-10-17(26)22(31)18(27)11-14/h6-12,21,31H,5H2,1-4H3/b19-12-/t21-/m1/s1. The summed E-state index contributed by atoms with van der Waals surface area (Å²) in [5.41, 5.74) is 3.12. The average Bonchev–Trinajstić information content (AvgIpc) is 3.11. The number of rotatable bonds is 5. The number of ether oxygens (including phenoxy) is 1. The molecule has 0 unspecified atom stereocenters. The van der Waals surface area contributed by atoms with E-state index in [9.17, 15) is 14.7 Å². The van der Waals surface area contributed by atoms with Crippen LogP contribution in [0.4, 0.5) is 5.69 Å². The van der Waals surface area contributed by atoms with Gasteiger partial charge >= 0.3 is 5.97 Å². The molecular formula is C25H23Br2N3O4S. The lowest BCUT2D eigenvalue weighted by molar-refractivity contribution is -0.139. The van der Waals surface area contributed by atoms with Crippen LogP contribution in [-0.2, 0) is 9.53 Å². The first-order chi connectivity index (χ1) is 16.6. The first-order valence-electron chi connectivity index (χ1n) is 10.8. The minimum Gasteiger partial charge on any atom is -0.506 e. The highest BCUT2D eigenvalue weighted by atomic mass is 79.9. The topological polar surface area (TPSA) is 84.1 Å². The number of carbonyl (C=O) groups excluding carboxylic acids is 1. The molecule has 10 heteroatoms. The number of benzene rings is 2. The molecule has 1 atom stereocenters. The van der Waals surface area contributed by atoms with Crippen molar-refractivity contribution in [3.05, 3.63) is 87.4 Å². The number of aromatic hydroxyl groups is 1. The molecule has 2 heterocycles. The molecule has 1 aliphatic rings. The van der Waals surface area contributed by atoms with Crippen molar-refractivity contribution in [3.63, 3.8) is 0 Å². The smallest absolute Gasteiger partial charge is 0.338 e. The van der Waals surface area contributed by atoms with E-state index in [4.69, 9.17) is 4.74 Å². The Bertz CT molecular complexity index is 1500. The van der Waals surface area contributed by atoms with Gasteiger partial charge in [0, 0.05) is 19.8 Å². The number of esters is 1. The normalized spacial score (nSPS) is 15.6. The number of anilines is 1. The van der Waals surface area contributed by atoms with E-state index in [1.165, 1.54) is 11.3 Å². The predicted molar refractivity (Wildman–Crippen MR) is 145 cm³/mol. The van der Waals surface area contributed by atoms with Crippen molar-refractivity contribution in [2.24, 2.45) is 4.99 Å². The molecule has 0 aliphatic carbocycles. The fourth-order valence-corrected chi connectivity index (χ4v) is 6.15. The van der Waals surface area contributed by atoms with Gasteiger partial charge in [0.25, 0.3) is 5.56 Å². The third-order valence-corrected chi connectivity index (χ3v) is 7.77. The Morgan fingerprint density at radius 3 is 2.43 bits per heavy atom. The zero-order valence-electron chi connectivity index (χ0n) is 19.5. The maximum atomic E-state index is 13.7. The molecule has 4 rings (SSSR count). The van der Waals surface area contributed by atoms with E-state index in [2.05, 4.69) is 36.9 Å². The number of phenols is 1. The Kier molecular flexibility index (Phi) is 7.35. The van der Waals surface area contributed by atoms with Crippen molar-refractivity contribution in [3.8, 4) is 5.75 Å². The van der Waals surface area contributed by atoms with E-state index < -0.39 is 12.0 Å². The van der Waals surface area contributed by atoms with Crippen molar-refractivity contribution >= 4 is 60.9 Å². The molecule has 0 spiro atoms. The number of thiazole rings is 1. The number of hydrogen-bond acceptors (Lipinski definition) is 7. The Balaban J connectivity index is 1.94. The van der Waals surface area contributed by atoms with Gasteiger partial charge in [-0.2, -0.15) is 0 Å². The monoisotopic (exact) mass is 619 g/mol. The number of nitrogens with zero attached hydrogens (tertiary/aromatic N) is 3. The van der Waals surface area contributed by atoms with Crippen LogP contribution < -0.4 is 19.8 Å². The summed E-state index contributed by atoms with van der Waals surface area (Å²) < 4.78 is 8.37. The number of carbonyl (C=O) groups is 1. The Morgan fingerprint density at radius 1 is 1.23 bits per heavy atom. The minimum absolute atomic E-state index is 0.0829. The molecule has 1 aromatic heterocycles. The number of fused-ring (bicyclic) bond motifs is 1. The van der Waals surface area contributed by atoms with Crippen LogP contribution in [0, 0.1) is 0 Å². The van der Waals surface area contributed by atoms with Crippen molar-refractivity contribution in [2.45, 2.75) is 19.9 Å². The number of halogens is 2. The zero-order valence-corrected chi connectivity index (χ0v) is 23.5. The van der Waals surface area contributed by atoms with Crippen molar-refractivity contribution in [1.29, 1.82) is 0 Å². The molecule has 1 N–H and O–H groups in total.